The second kappa shape index (κ2) is 2.46. The molecule has 1 aromatic carbocycles. The van der Waals surface area contributed by atoms with E-state index in [0.717, 1.165) is 13.0 Å². The van der Waals surface area contributed by atoms with Gasteiger partial charge in [0.1, 0.15) is 0 Å². The molecule has 13 heavy (non-hydrogen) atoms. The van der Waals surface area contributed by atoms with Gasteiger partial charge in [0, 0.05) is 12.1 Å². The topological polar surface area (TPSA) is 17.8 Å². The van der Waals surface area contributed by atoms with E-state index in [1.165, 1.54) is 16.8 Å². The lowest BCUT2D eigenvalue weighted by Crippen LogP contribution is -2.08. The maximum absolute atomic E-state index is 4.17. The fourth-order valence-corrected chi connectivity index (χ4v) is 1.95. The van der Waals surface area contributed by atoms with E-state index in [1.54, 1.807) is 0 Å². The van der Waals surface area contributed by atoms with Crippen LogP contribution in [0.5, 0.6) is 0 Å². The highest BCUT2D eigenvalue weighted by Gasteiger charge is 2.14. The first-order valence-electron chi connectivity index (χ1n) is 4.53. The van der Waals surface area contributed by atoms with Crippen LogP contribution in [0.15, 0.2) is 36.8 Å². The summed E-state index contributed by atoms with van der Waals surface area (Å²) in [6.45, 7) is 1.06. The second-order valence-electron chi connectivity index (χ2n) is 3.38. The van der Waals surface area contributed by atoms with Crippen molar-refractivity contribution in [3.8, 4) is 11.3 Å². The zero-order valence-corrected chi connectivity index (χ0v) is 7.27. The summed E-state index contributed by atoms with van der Waals surface area (Å²) in [6, 6.07) is 8.56. The Morgan fingerprint density at radius 2 is 2.15 bits per heavy atom. The minimum Gasteiger partial charge on any atom is -0.330 e. The van der Waals surface area contributed by atoms with Crippen LogP contribution in [0.2, 0.25) is 0 Å². The average Bonchev–Trinajstić information content (AvgIpc) is 2.65. The van der Waals surface area contributed by atoms with Crippen LogP contribution in [0.3, 0.4) is 0 Å². The summed E-state index contributed by atoms with van der Waals surface area (Å²) in [5.41, 5.74) is 4.03. The average molecular weight is 170 g/mol. The van der Waals surface area contributed by atoms with E-state index in [-0.39, 0.29) is 0 Å². The van der Waals surface area contributed by atoms with Gasteiger partial charge in [0.25, 0.3) is 0 Å². The maximum atomic E-state index is 4.17. The SMILES string of the molecule is c1ccc2c(c1)CCn1cncc1-2. The van der Waals surface area contributed by atoms with Crippen molar-refractivity contribution in [3.63, 3.8) is 0 Å². The van der Waals surface area contributed by atoms with Crippen molar-refractivity contribution in [2.45, 2.75) is 13.0 Å². The van der Waals surface area contributed by atoms with E-state index in [1.807, 2.05) is 12.5 Å². The molecule has 2 nitrogen and oxygen atoms in total. The molecular weight excluding hydrogens is 160 g/mol. The molecule has 0 radical (unpaired) electrons. The molecule has 1 aromatic heterocycles. The lowest BCUT2D eigenvalue weighted by molar-refractivity contribution is 0.684. The highest BCUT2D eigenvalue weighted by molar-refractivity contribution is 5.64. The Kier molecular flexibility index (Phi) is 1.30. The van der Waals surface area contributed by atoms with Crippen LogP contribution in [-0.2, 0) is 13.0 Å². The van der Waals surface area contributed by atoms with Crippen LogP contribution < -0.4 is 0 Å². The van der Waals surface area contributed by atoms with Crippen molar-refractivity contribution in [1.29, 1.82) is 0 Å². The van der Waals surface area contributed by atoms with Gasteiger partial charge in [0.05, 0.1) is 18.2 Å². The standard InChI is InChI=1S/C11H10N2/c1-2-4-10-9(3-1)5-6-13-8-12-7-11(10)13/h1-4,7-8H,5-6H2. The number of hydrogen-bond donors (Lipinski definition) is 0. The molecule has 1 aliphatic heterocycles. The maximum Gasteiger partial charge on any atom is 0.0951 e. The lowest BCUT2D eigenvalue weighted by Gasteiger charge is -2.17. The fraction of sp³-hybridized carbons (Fsp3) is 0.182. The van der Waals surface area contributed by atoms with Crippen molar-refractivity contribution >= 4 is 0 Å². The van der Waals surface area contributed by atoms with Gasteiger partial charge in [-0.2, -0.15) is 0 Å². The van der Waals surface area contributed by atoms with Crippen LogP contribution in [-0.4, -0.2) is 9.55 Å². The molecule has 3 rings (SSSR count). The van der Waals surface area contributed by atoms with Crippen LogP contribution in [0.1, 0.15) is 5.56 Å². The van der Waals surface area contributed by atoms with Crippen LogP contribution in [0.25, 0.3) is 11.3 Å². The van der Waals surface area contributed by atoms with Gasteiger partial charge in [0.2, 0.25) is 0 Å². The van der Waals surface area contributed by atoms with E-state index in [9.17, 15) is 0 Å². The number of aromatic nitrogens is 2. The molecule has 2 heterocycles. The number of fused-ring (bicyclic) bond motifs is 3. The largest absolute Gasteiger partial charge is 0.330 e. The molecule has 0 fully saturated rings. The van der Waals surface area contributed by atoms with E-state index in [4.69, 9.17) is 0 Å². The summed E-state index contributed by atoms with van der Waals surface area (Å²) in [6.07, 6.45) is 4.97. The third-order valence-electron chi connectivity index (χ3n) is 2.63. The zero-order valence-electron chi connectivity index (χ0n) is 7.27. The Bertz CT molecular complexity index is 443. The molecule has 0 spiro atoms. The Morgan fingerprint density at radius 1 is 1.23 bits per heavy atom. The van der Waals surface area contributed by atoms with Crippen LogP contribution in [0, 0.1) is 0 Å². The normalized spacial score (nSPS) is 13.5. The van der Waals surface area contributed by atoms with Crippen LogP contribution in [0.4, 0.5) is 0 Å². The Balaban J connectivity index is 2.30. The summed E-state index contributed by atoms with van der Waals surface area (Å²) in [5, 5.41) is 0. The minimum absolute atomic E-state index is 1.06. The third-order valence-corrected chi connectivity index (χ3v) is 2.63. The van der Waals surface area contributed by atoms with Gasteiger partial charge in [-0.25, -0.2) is 4.98 Å². The van der Waals surface area contributed by atoms with Crippen LogP contribution >= 0.6 is 0 Å². The first kappa shape index (κ1) is 6.89. The molecule has 0 bridgehead atoms. The molecule has 0 aliphatic carbocycles. The zero-order chi connectivity index (χ0) is 8.67. The summed E-state index contributed by atoms with van der Waals surface area (Å²) in [5.74, 6) is 0. The monoisotopic (exact) mass is 170 g/mol. The molecule has 1 aliphatic rings. The Morgan fingerprint density at radius 3 is 3.15 bits per heavy atom. The third kappa shape index (κ3) is 0.917. The Hall–Kier alpha value is -1.57. The number of rotatable bonds is 0. The first-order valence-corrected chi connectivity index (χ1v) is 4.53. The predicted molar refractivity (Wildman–Crippen MR) is 51.4 cm³/mol. The fourth-order valence-electron chi connectivity index (χ4n) is 1.95. The summed E-state index contributed by atoms with van der Waals surface area (Å²) in [7, 11) is 0. The summed E-state index contributed by atoms with van der Waals surface area (Å²) in [4.78, 5) is 4.17. The number of hydrogen-bond acceptors (Lipinski definition) is 1. The highest BCUT2D eigenvalue weighted by Crippen LogP contribution is 2.27. The molecule has 0 saturated carbocycles. The lowest BCUT2D eigenvalue weighted by atomic mass is 9.99. The predicted octanol–water partition coefficient (Wildman–Crippen LogP) is 2.11. The minimum atomic E-state index is 1.06. The first-order chi connectivity index (χ1) is 6.45. The smallest absolute Gasteiger partial charge is 0.0951 e. The number of nitrogens with zero attached hydrogens (tertiary/aromatic N) is 2. The van der Waals surface area contributed by atoms with Gasteiger partial charge in [-0.3, -0.25) is 0 Å². The van der Waals surface area contributed by atoms with Crippen molar-refractivity contribution in [2.75, 3.05) is 0 Å². The van der Waals surface area contributed by atoms with E-state index < -0.39 is 0 Å². The highest BCUT2D eigenvalue weighted by atomic mass is 15.0. The number of benzene rings is 1. The molecule has 0 saturated heterocycles. The number of aryl methyl sites for hydroxylation is 2. The molecule has 0 atom stereocenters. The molecule has 0 amide bonds. The van der Waals surface area contributed by atoms with E-state index in [0.29, 0.717) is 0 Å². The molecule has 64 valence electrons. The van der Waals surface area contributed by atoms with Crippen molar-refractivity contribution in [2.24, 2.45) is 0 Å². The molecular formula is C11H10N2. The molecule has 2 aromatic rings. The van der Waals surface area contributed by atoms with Gasteiger partial charge < -0.3 is 4.57 Å². The summed E-state index contributed by atoms with van der Waals surface area (Å²) < 4.78 is 2.21. The van der Waals surface area contributed by atoms with Crippen molar-refractivity contribution in [3.05, 3.63) is 42.4 Å². The molecule has 0 unspecified atom stereocenters. The van der Waals surface area contributed by atoms with Gasteiger partial charge in [0.15, 0.2) is 0 Å². The quantitative estimate of drug-likeness (QED) is 0.592. The van der Waals surface area contributed by atoms with Crippen molar-refractivity contribution < 1.29 is 0 Å². The second-order valence-corrected chi connectivity index (χ2v) is 3.38. The van der Waals surface area contributed by atoms with Crippen molar-refractivity contribution in [1.82, 2.24) is 9.55 Å². The van der Waals surface area contributed by atoms with Gasteiger partial charge in [-0.05, 0) is 12.0 Å². The number of imidazole rings is 1. The van der Waals surface area contributed by atoms with E-state index in [2.05, 4.69) is 33.8 Å². The summed E-state index contributed by atoms with van der Waals surface area (Å²) >= 11 is 0. The van der Waals surface area contributed by atoms with E-state index >= 15 is 0 Å². The van der Waals surface area contributed by atoms with Gasteiger partial charge in [-0.15, -0.1) is 0 Å². The molecule has 0 N–H and O–H groups in total. The molecule has 2 heteroatoms. The Labute approximate surface area is 76.9 Å². The van der Waals surface area contributed by atoms with Gasteiger partial charge >= 0.3 is 0 Å². The van der Waals surface area contributed by atoms with Gasteiger partial charge in [-0.1, -0.05) is 24.3 Å².